The number of nitrogens with zero attached hydrogens (tertiary/aromatic N) is 1. The van der Waals surface area contributed by atoms with Crippen LogP contribution in [0.4, 0.5) is 4.39 Å². The van der Waals surface area contributed by atoms with Gasteiger partial charge in [0.05, 0.1) is 17.3 Å². The van der Waals surface area contributed by atoms with E-state index in [0.717, 1.165) is 22.2 Å². The van der Waals surface area contributed by atoms with Gasteiger partial charge < -0.3 is 10.1 Å². The Balaban J connectivity index is 1.77. The maximum absolute atomic E-state index is 13.6. The van der Waals surface area contributed by atoms with Crippen LogP contribution in [0.5, 0.6) is 5.75 Å². The molecule has 0 radical (unpaired) electrons. The summed E-state index contributed by atoms with van der Waals surface area (Å²) in [5.74, 6) is 0.605. The standard InChI is InChI=1S/C15H14BrFN2O/c16-12-3-1-2-11-14(5-7-20-15(11)12)19-8-10-4-6-18-9-13(10)17/h1-4,6,9,14,19H,5,7-8H2/t14-/m0/s1. The molecular formula is C15H14BrFN2O. The number of aromatic nitrogens is 1. The quantitative estimate of drug-likeness (QED) is 0.929. The molecule has 1 aromatic heterocycles. The fourth-order valence-corrected chi connectivity index (χ4v) is 2.88. The first-order chi connectivity index (χ1) is 9.75. The summed E-state index contributed by atoms with van der Waals surface area (Å²) in [5, 5.41) is 3.39. The summed E-state index contributed by atoms with van der Waals surface area (Å²) < 4.78 is 20.2. The van der Waals surface area contributed by atoms with Crippen LogP contribution in [0.1, 0.15) is 23.6 Å². The van der Waals surface area contributed by atoms with Crippen molar-refractivity contribution >= 4 is 15.9 Å². The molecular weight excluding hydrogens is 323 g/mol. The molecule has 20 heavy (non-hydrogen) atoms. The van der Waals surface area contributed by atoms with E-state index in [9.17, 15) is 4.39 Å². The van der Waals surface area contributed by atoms with Gasteiger partial charge in [0, 0.05) is 36.3 Å². The first-order valence-electron chi connectivity index (χ1n) is 6.48. The predicted molar refractivity (Wildman–Crippen MR) is 78.0 cm³/mol. The zero-order valence-corrected chi connectivity index (χ0v) is 12.4. The summed E-state index contributed by atoms with van der Waals surface area (Å²) in [6, 6.07) is 7.86. The number of nitrogens with one attached hydrogen (secondary N) is 1. The second-order valence-corrected chi connectivity index (χ2v) is 5.55. The average Bonchev–Trinajstić information content (AvgIpc) is 2.47. The zero-order chi connectivity index (χ0) is 13.9. The molecule has 0 saturated carbocycles. The summed E-state index contributed by atoms with van der Waals surface area (Å²) in [5.41, 5.74) is 1.74. The highest BCUT2D eigenvalue weighted by Gasteiger charge is 2.22. The van der Waals surface area contributed by atoms with Crippen molar-refractivity contribution in [1.29, 1.82) is 0 Å². The Kier molecular flexibility index (Phi) is 3.98. The molecule has 2 heterocycles. The summed E-state index contributed by atoms with van der Waals surface area (Å²) in [6.45, 7) is 1.14. The third kappa shape index (κ3) is 2.69. The third-order valence-corrected chi connectivity index (χ3v) is 4.05. The average molecular weight is 337 g/mol. The van der Waals surface area contributed by atoms with Crippen molar-refractivity contribution in [2.24, 2.45) is 0 Å². The van der Waals surface area contributed by atoms with Crippen LogP contribution in [0.25, 0.3) is 0 Å². The minimum absolute atomic E-state index is 0.170. The molecule has 0 aliphatic carbocycles. The largest absolute Gasteiger partial charge is 0.492 e. The molecule has 104 valence electrons. The van der Waals surface area contributed by atoms with Gasteiger partial charge in [-0.15, -0.1) is 0 Å². The fourth-order valence-electron chi connectivity index (χ4n) is 2.38. The summed E-state index contributed by atoms with van der Waals surface area (Å²) in [4.78, 5) is 3.76. The molecule has 2 aromatic rings. The highest BCUT2D eigenvalue weighted by molar-refractivity contribution is 9.10. The second kappa shape index (κ2) is 5.89. The van der Waals surface area contributed by atoms with Crippen LogP contribution >= 0.6 is 15.9 Å². The highest BCUT2D eigenvalue weighted by Crippen LogP contribution is 2.37. The van der Waals surface area contributed by atoms with Crippen LogP contribution in [0.3, 0.4) is 0 Å². The molecule has 1 aliphatic heterocycles. The first kappa shape index (κ1) is 13.5. The number of para-hydroxylation sites is 1. The molecule has 0 spiro atoms. The Bertz CT molecular complexity index is 621. The van der Waals surface area contributed by atoms with Crippen molar-refractivity contribution in [2.75, 3.05) is 6.61 Å². The van der Waals surface area contributed by atoms with Gasteiger partial charge in [-0.05, 0) is 28.1 Å². The van der Waals surface area contributed by atoms with Gasteiger partial charge in [0.1, 0.15) is 11.6 Å². The van der Waals surface area contributed by atoms with Crippen molar-refractivity contribution < 1.29 is 9.13 Å². The van der Waals surface area contributed by atoms with Crippen molar-refractivity contribution in [3.8, 4) is 5.75 Å². The number of pyridine rings is 1. The number of halogens is 2. The maximum Gasteiger partial charge on any atom is 0.145 e. The van der Waals surface area contributed by atoms with E-state index in [-0.39, 0.29) is 11.9 Å². The lowest BCUT2D eigenvalue weighted by Crippen LogP contribution is -2.27. The molecule has 1 atom stereocenters. The molecule has 3 nitrogen and oxygen atoms in total. The predicted octanol–water partition coefficient (Wildman–Crippen LogP) is 3.60. The van der Waals surface area contributed by atoms with Gasteiger partial charge in [0.15, 0.2) is 0 Å². The number of hydrogen-bond acceptors (Lipinski definition) is 3. The van der Waals surface area contributed by atoms with Crippen LogP contribution in [-0.4, -0.2) is 11.6 Å². The summed E-state index contributed by atoms with van der Waals surface area (Å²) in [7, 11) is 0. The zero-order valence-electron chi connectivity index (χ0n) is 10.8. The molecule has 1 aliphatic rings. The Hall–Kier alpha value is -1.46. The van der Waals surface area contributed by atoms with Crippen LogP contribution in [0.15, 0.2) is 41.1 Å². The van der Waals surface area contributed by atoms with Crippen molar-refractivity contribution in [1.82, 2.24) is 10.3 Å². The molecule has 0 saturated heterocycles. The Morgan fingerprint density at radius 3 is 3.15 bits per heavy atom. The molecule has 1 N–H and O–H groups in total. The van der Waals surface area contributed by atoms with Gasteiger partial charge in [0.2, 0.25) is 0 Å². The van der Waals surface area contributed by atoms with E-state index >= 15 is 0 Å². The van der Waals surface area contributed by atoms with E-state index in [2.05, 4.69) is 26.2 Å². The van der Waals surface area contributed by atoms with E-state index in [1.54, 1.807) is 12.3 Å². The number of benzene rings is 1. The van der Waals surface area contributed by atoms with E-state index in [1.807, 2.05) is 18.2 Å². The second-order valence-electron chi connectivity index (χ2n) is 4.70. The van der Waals surface area contributed by atoms with E-state index in [4.69, 9.17) is 4.74 Å². The minimum atomic E-state index is -0.276. The van der Waals surface area contributed by atoms with Crippen molar-refractivity contribution in [3.05, 3.63) is 58.1 Å². The van der Waals surface area contributed by atoms with Gasteiger partial charge in [0.25, 0.3) is 0 Å². The van der Waals surface area contributed by atoms with Crippen molar-refractivity contribution in [3.63, 3.8) is 0 Å². The van der Waals surface area contributed by atoms with Gasteiger partial charge in [-0.2, -0.15) is 0 Å². The molecule has 0 unspecified atom stereocenters. The van der Waals surface area contributed by atoms with Gasteiger partial charge in [-0.3, -0.25) is 4.98 Å². The lowest BCUT2D eigenvalue weighted by Gasteiger charge is -2.27. The number of fused-ring (bicyclic) bond motifs is 1. The van der Waals surface area contributed by atoms with Crippen LogP contribution in [0.2, 0.25) is 0 Å². The van der Waals surface area contributed by atoms with E-state index in [0.29, 0.717) is 18.7 Å². The lowest BCUT2D eigenvalue weighted by atomic mass is 10.0. The van der Waals surface area contributed by atoms with E-state index in [1.165, 1.54) is 6.20 Å². The van der Waals surface area contributed by atoms with Gasteiger partial charge >= 0.3 is 0 Å². The van der Waals surface area contributed by atoms with Crippen LogP contribution < -0.4 is 10.1 Å². The van der Waals surface area contributed by atoms with Gasteiger partial charge in [-0.25, -0.2) is 4.39 Å². The SMILES string of the molecule is Fc1cnccc1CN[C@H]1CCOc2c(Br)cccc21. The number of rotatable bonds is 3. The summed E-state index contributed by atoms with van der Waals surface area (Å²) >= 11 is 3.50. The fraction of sp³-hybridized carbons (Fsp3) is 0.267. The van der Waals surface area contributed by atoms with E-state index < -0.39 is 0 Å². The summed E-state index contributed by atoms with van der Waals surface area (Å²) in [6.07, 6.45) is 3.72. The molecule has 1 aromatic carbocycles. The lowest BCUT2D eigenvalue weighted by molar-refractivity contribution is 0.250. The molecule has 3 rings (SSSR count). The first-order valence-corrected chi connectivity index (χ1v) is 7.28. The number of ether oxygens (including phenoxy) is 1. The van der Waals surface area contributed by atoms with Crippen LogP contribution in [0, 0.1) is 5.82 Å². The molecule has 0 bridgehead atoms. The smallest absolute Gasteiger partial charge is 0.145 e. The normalized spacial score (nSPS) is 17.4. The Morgan fingerprint density at radius 2 is 2.30 bits per heavy atom. The molecule has 0 fully saturated rings. The number of hydrogen-bond donors (Lipinski definition) is 1. The monoisotopic (exact) mass is 336 g/mol. The topological polar surface area (TPSA) is 34.2 Å². The van der Waals surface area contributed by atoms with Gasteiger partial charge in [-0.1, -0.05) is 12.1 Å². The molecule has 5 heteroatoms. The molecule has 0 amide bonds. The minimum Gasteiger partial charge on any atom is -0.492 e. The third-order valence-electron chi connectivity index (χ3n) is 3.42. The van der Waals surface area contributed by atoms with Crippen molar-refractivity contribution in [2.45, 2.75) is 19.0 Å². The highest BCUT2D eigenvalue weighted by atomic mass is 79.9. The Labute approximate surface area is 125 Å². The maximum atomic E-state index is 13.6. The van der Waals surface area contributed by atoms with Crippen LogP contribution in [-0.2, 0) is 6.54 Å². The Morgan fingerprint density at radius 1 is 1.40 bits per heavy atom.